The van der Waals surface area contributed by atoms with Crippen LogP contribution in [0.15, 0.2) is 48.5 Å². The van der Waals surface area contributed by atoms with E-state index in [0.29, 0.717) is 0 Å². The Morgan fingerprint density at radius 2 is 1.68 bits per heavy atom. The summed E-state index contributed by atoms with van der Waals surface area (Å²) in [5, 5.41) is 0. The Morgan fingerprint density at radius 1 is 0.895 bits per heavy atom. The third kappa shape index (κ3) is 4.80. The molecule has 0 aliphatic rings. The molecule has 0 saturated heterocycles. The van der Waals surface area contributed by atoms with Gasteiger partial charge in [0.1, 0.15) is 0 Å². The van der Waals surface area contributed by atoms with Crippen molar-refractivity contribution < 1.29 is 0 Å². The van der Waals surface area contributed by atoms with Crippen LogP contribution >= 0.6 is 0 Å². The molecule has 2 aromatic carbocycles. The van der Waals surface area contributed by atoms with Crippen molar-refractivity contribution >= 4 is 30.7 Å². The molecule has 94 valence electrons. The molecule has 2 rings (SSSR count). The van der Waals surface area contributed by atoms with E-state index in [1.807, 2.05) is 0 Å². The van der Waals surface area contributed by atoms with Gasteiger partial charge in [-0.2, -0.15) is 0 Å². The van der Waals surface area contributed by atoms with Crippen LogP contribution in [0.1, 0.15) is 42.9 Å². The molecule has 0 unspecified atom stereocenters. The van der Waals surface area contributed by atoms with Gasteiger partial charge in [-0.05, 0) is 0 Å². The Kier molecular flexibility index (Phi) is 6.16. The van der Waals surface area contributed by atoms with Crippen LogP contribution in [0.25, 0.3) is 0 Å². The van der Waals surface area contributed by atoms with E-state index in [1.54, 1.807) is 2.81 Å². The standard InChI is InChI=1S/C18H21.Na/c1-2-3-5-8-16-11-13-18(14-12-16)15-17-9-6-4-7-10-17;/h4,6-7,9-13H,2-3,5,8,15H2,1H3;. The number of unbranched alkanes of at least 4 members (excludes halogenated alkanes) is 2. The fourth-order valence-corrected chi connectivity index (χ4v) is 3.22. The second kappa shape index (κ2) is 7.89. The molecule has 2 aromatic rings. The summed E-state index contributed by atoms with van der Waals surface area (Å²) in [5.74, 6) is 0. The van der Waals surface area contributed by atoms with Crippen LogP contribution in [0.2, 0.25) is 0 Å². The van der Waals surface area contributed by atoms with E-state index in [9.17, 15) is 0 Å². The van der Waals surface area contributed by atoms with Gasteiger partial charge in [-0.15, -0.1) is 0 Å². The zero-order chi connectivity index (χ0) is 13.5. The molecule has 0 heterocycles. The third-order valence-corrected chi connectivity index (χ3v) is 4.64. The van der Waals surface area contributed by atoms with E-state index < -0.39 is 0 Å². The Bertz CT molecular complexity index is 502. The van der Waals surface area contributed by atoms with E-state index in [1.165, 1.54) is 42.4 Å². The van der Waals surface area contributed by atoms with Crippen LogP contribution in [-0.4, -0.2) is 27.9 Å². The first-order valence-corrected chi connectivity index (χ1v) is 8.42. The molecule has 0 aromatic heterocycles. The van der Waals surface area contributed by atoms with Gasteiger partial charge in [0.15, 0.2) is 0 Å². The van der Waals surface area contributed by atoms with Gasteiger partial charge in [-0.3, -0.25) is 0 Å². The summed E-state index contributed by atoms with van der Waals surface area (Å²) in [6.07, 6.45) is 6.31. The molecule has 19 heavy (non-hydrogen) atoms. The monoisotopic (exact) mass is 260 g/mol. The molecular formula is C18H21Na. The van der Waals surface area contributed by atoms with Gasteiger partial charge in [-0.1, -0.05) is 0 Å². The summed E-state index contributed by atoms with van der Waals surface area (Å²) in [7, 11) is 0. The Balaban J connectivity index is 2.03. The van der Waals surface area contributed by atoms with Gasteiger partial charge in [0.2, 0.25) is 0 Å². The molecule has 0 saturated carbocycles. The van der Waals surface area contributed by atoms with Gasteiger partial charge < -0.3 is 0 Å². The summed E-state index contributed by atoms with van der Waals surface area (Å²) in [6, 6.07) is 17.9. The Hall–Kier alpha value is -0.560. The molecule has 0 spiro atoms. The maximum atomic E-state index is 2.43. The fourth-order valence-electron chi connectivity index (χ4n) is 2.51. The topological polar surface area (TPSA) is 0 Å². The van der Waals surface area contributed by atoms with E-state index in [4.69, 9.17) is 0 Å². The van der Waals surface area contributed by atoms with Crippen molar-refractivity contribution in [3.63, 3.8) is 0 Å². The van der Waals surface area contributed by atoms with Crippen LogP contribution in [0.3, 0.4) is 0 Å². The van der Waals surface area contributed by atoms with Gasteiger partial charge in [0, 0.05) is 0 Å². The number of hydrogen-bond donors (Lipinski definition) is 0. The van der Waals surface area contributed by atoms with Crippen molar-refractivity contribution in [2.45, 2.75) is 39.0 Å². The average Bonchev–Trinajstić information content (AvgIpc) is 2.43. The van der Waals surface area contributed by atoms with Crippen LogP contribution < -0.4 is 2.81 Å². The summed E-state index contributed by atoms with van der Waals surface area (Å²) in [4.78, 5) is 0. The van der Waals surface area contributed by atoms with Crippen molar-refractivity contribution in [3.8, 4) is 0 Å². The van der Waals surface area contributed by atoms with Crippen molar-refractivity contribution in [2.75, 3.05) is 0 Å². The van der Waals surface area contributed by atoms with Crippen molar-refractivity contribution in [3.05, 3.63) is 65.2 Å². The Morgan fingerprint density at radius 3 is 2.37 bits per heavy atom. The third-order valence-electron chi connectivity index (χ3n) is 3.71. The van der Waals surface area contributed by atoms with E-state index in [0.717, 1.165) is 34.4 Å². The van der Waals surface area contributed by atoms with Crippen molar-refractivity contribution in [1.29, 1.82) is 0 Å². The van der Waals surface area contributed by atoms with Gasteiger partial charge in [-0.25, -0.2) is 0 Å². The quantitative estimate of drug-likeness (QED) is 0.547. The van der Waals surface area contributed by atoms with Gasteiger partial charge >= 0.3 is 135 Å². The summed E-state index contributed by atoms with van der Waals surface area (Å²) >= 11 is 1.14. The average molecular weight is 260 g/mol. The summed E-state index contributed by atoms with van der Waals surface area (Å²) in [6.45, 7) is 2.27. The second-order valence-corrected chi connectivity index (χ2v) is 6.46. The van der Waals surface area contributed by atoms with E-state index in [2.05, 4.69) is 55.5 Å². The maximum absolute atomic E-state index is 2.43. The molecular weight excluding hydrogens is 239 g/mol. The van der Waals surface area contributed by atoms with Crippen molar-refractivity contribution in [2.24, 2.45) is 0 Å². The predicted molar refractivity (Wildman–Crippen MR) is 84.3 cm³/mol. The molecule has 0 radical (unpaired) electrons. The zero-order valence-electron chi connectivity index (χ0n) is 12.2. The van der Waals surface area contributed by atoms with Crippen LogP contribution in [0.4, 0.5) is 0 Å². The fraction of sp³-hybridized carbons (Fsp3) is 0.333. The first kappa shape index (κ1) is 14.8. The number of benzene rings is 2. The second-order valence-electron chi connectivity index (χ2n) is 5.38. The van der Waals surface area contributed by atoms with E-state index in [-0.39, 0.29) is 0 Å². The summed E-state index contributed by atoms with van der Waals surface area (Å²) in [5.41, 5.74) is 4.45. The molecule has 0 amide bonds. The normalized spacial score (nSPS) is 10.7. The van der Waals surface area contributed by atoms with E-state index >= 15 is 0 Å². The molecule has 0 N–H and O–H groups in total. The van der Waals surface area contributed by atoms with Crippen LogP contribution in [0, 0.1) is 0 Å². The summed E-state index contributed by atoms with van der Waals surface area (Å²) < 4.78 is 1.57. The first-order valence-electron chi connectivity index (χ1n) is 7.42. The zero-order valence-corrected chi connectivity index (χ0v) is 14.2. The minimum atomic E-state index is 1.08. The molecule has 1 heteroatoms. The molecule has 0 aliphatic heterocycles. The number of rotatable bonds is 6. The molecule has 0 atom stereocenters. The number of hydrogen-bond acceptors (Lipinski definition) is 0. The number of aryl methyl sites for hydroxylation is 1. The first-order chi connectivity index (χ1) is 9.29. The van der Waals surface area contributed by atoms with Crippen molar-refractivity contribution in [1.82, 2.24) is 0 Å². The van der Waals surface area contributed by atoms with Gasteiger partial charge in [0.05, 0.1) is 0 Å². The van der Waals surface area contributed by atoms with Gasteiger partial charge in [0.25, 0.3) is 0 Å². The molecule has 0 nitrogen and oxygen atoms in total. The minimum absolute atomic E-state index is 1.08. The Labute approximate surface area is 134 Å². The molecule has 0 bridgehead atoms. The van der Waals surface area contributed by atoms with Crippen LogP contribution in [-0.2, 0) is 12.8 Å². The molecule has 0 aliphatic carbocycles. The van der Waals surface area contributed by atoms with Crippen LogP contribution in [0.5, 0.6) is 0 Å². The SMILES string of the molecule is CCCCCc1ccc(Cc2ccccc2)[c]([Na])c1. The predicted octanol–water partition coefficient (Wildman–Crippen LogP) is 3.80. The molecule has 0 fully saturated rings.